The van der Waals surface area contributed by atoms with Gasteiger partial charge in [0.1, 0.15) is 0 Å². The van der Waals surface area contributed by atoms with Gasteiger partial charge in [0.05, 0.1) is 0 Å². The predicted octanol–water partition coefficient (Wildman–Crippen LogP) is 1.76. The molecule has 1 aliphatic carbocycles. The van der Waals surface area contributed by atoms with Crippen molar-refractivity contribution in [1.29, 1.82) is 0 Å². The molecule has 1 N–H and O–H groups in total. The fourth-order valence-electron chi connectivity index (χ4n) is 1.58. The summed E-state index contributed by atoms with van der Waals surface area (Å²) in [6.45, 7) is 0. The first-order chi connectivity index (χ1) is 5.42. The molecule has 0 aromatic heterocycles. The van der Waals surface area contributed by atoms with Crippen molar-refractivity contribution >= 4 is 0 Å². The van der Waals surface area contributed by atoms with Crippen LogP contribution in [0.2, 0.25) is 0 Å². The van der Waals surface area contributed by atoms with Crippen LogP contribution in [0.5, 0.6) is 0 Å². The van der Waals surface area contributed by atoms with Crippen LogP contribution in [-0.2, 0) is 0 Å². The molecule has 0 spiro atoms. The summed E-state index contributed by atoms with van der Waals surface area (Å²) in [5, 5.41) is 3.29. The smallest absolute Gasteiger partial charge is 0.0140 e. The van der Waals surface area contributed by atoms with Crippen LogP contribution in [0.25, 0.3) is 0 Å². The quantitative estimate of drug-likeness (QED) is 0.672. The van der Waals surface area contributed by atoms with Crippen LogP contribution >= 0.6 is 0 Å². The van der Waals surface area contributed by atoms with Gasteiger partial charge in [0, 0.05) is 12.0 Å². The van der Waals surface area contributed by atoms with Crippen LogP contribution in [0, 0.1) is 0 Å². The summed E-state index contributed by atoms with van der Waals surface area (Å²) in [6, 6.07) is 11.4. The van der Waals surface area contributed by atoms with E-state index in [-0.39, 0.29) is 0 Å². The van der Waals surface area contributed by atoms with E-state index in [4.69, 9.17) is 0 Å². The van der Waals surface area contributed by atoms with E-state index in [9.17, 15) is 0 Å². The summed E-state index contributed by atoms with van der Waals surface area (Å²) < 4.78 is 0. The van der Waals surface area contributed by atoms with Crippen LogP contribution in [0.1, 0.15) is 17.9 Å². The second-order valence-corrected chi connectivity index (χ2v) is 3.15. The lowest BCUT2D eigenvalue weighted by molar-refractivity contribution is 0.783. The highest BCUT2D eigenvalue weighted by atomic mass is 14.9. The van der Waals surface area contributed by atoms with Gasteiger partial charge in [-0.25, -0.2) is 0 Å². The van der Waals surface area contributed by atoms with Gasteiger partial charge >= 0.3 is 0 Å². The van der Waals surface area contributed by atoms with Gasteiger partial charge in [0.15, 0.2) is 0 Å². The Labute approximate surface area is 67.4 Å². The van der Waals surface area contributed by atoms with Crippen molar-refractivity contribution in [2.45, 2.75) is 18.4 Å². The Balaban J connectivity index is 2.09. The third kappa shape index (κ3) is 1.29. The van der Waals surface area contributed by atoms with Crippen molar-refractivity contribution < 1.29 is 0 Å². The molecule has 0 amide bonds. The molecule has 0 radical (unpaired) electrons. The summed E-state index contributed by atoms with van der Waals surface area (Å²) in [5.41, 5.74) is 1.48. The fourth-order valence-corrected chi connectivity index (χ4v) is 1.58. The Hall–Kier alpha value is -0.820. The molecule has 1 saturated carbocycles. The predicted molar refractivity (Wildman–Crippen MR) is 46.6 cm³/mol. The molecule has 1 unspecified atom stereocenters. The minimum atomic E-state index is 0.734. The maximum absolute atomic E-state index is 3.29. The van der Waals surface area contributed by atoms with Gasteiger partial charge in [-0.05, 0) is 19.0 Å². The number of hydrogen-bond donors (Lipinski definition) is 1. The van der Waals surface area contributed by atoms with E-state index in [0.29, 0.717) is 0 Å². The third-order valence-electron chi connectivity index (χ3n) is 2.39. The maximum Gasteiger partial charge on any atom is 0.0140 e. The van der Waals surface area contributed by atoms with Gasteiger partial charge in [-0.1, -0.05) is 30.3 Å². The van der Waals surface area contributed by atoms with Gasteiger partial charge in [-0.15, -0.1) is 0 Å². The molecule has 0 saturated heterocycles. The first kappa shape index (κ1) is 6.86. The number of likely N-dealkylation sites (N-methyl/N-ethyl adjacent to an activating group) is 1. The molecule has 2 atom stereocenters. The fraction of sp³-hybridized carbons (Fsp3) is 0.400. The molecule has 1 aromatic carbocycles. The van der Waals surface area contributed by atoms with E-state index < -0.39 is 0 Å². The molecule has 0 aliphatic heterocycles. The van der Waals surface area contributed by atoms with Crippen molar-refractivity contribution in [2.75, 3.05) is 7.05 Å². The molecule has 1 fully saturated rings. The van der Waals surface area contributed by atoms with E-state index in [0.717, 1.165) is 12.0 Å². The van der Waals surface area contributed by atoms with Gasteiger partial charge in [-0.3, -0.25) is 0 Å². The molecule has 1 nitrogen and oxygen atoms in total. The number of rotatable bonds is 2. The molecule has 2 rings (SSSR count). The Bertz CT molecular complexity index is 230. The standard InChI is InChI=1S/C10H13N/c1-11-10-7-9(10)8-5-3-2-4-6-8/h2-6,9-11H,7H2,1H3/t9?,10-/m1/s1. The topological polar surface area (TPSA) is 12.0 Å². The summed E-state index contributed by atoms with van der Waals surface area (Å²) >= 11 is 0. The average Bonchev–Trinajstić information content (AvgIpc) is 2.85. The molecule has 1 heteroatoms. The zero-order chi connectivity index (χ0) is 7.68. The van der Waals surface area contributed by atoms with Gasteiger partial charge in [-0.2, -0.15) is 0 Å². The van der Waals surface area contributed by atoms with Crippen LogP contribution in [0.4, 0.5) is 0 Å². The van der Waals surface area contributed by atoms with E-state index in [1.165, 1.54) is 12.0 Å². The second kappa shape index (κ2) is 2.67. The monoisotopic (exact) mass is 147 g/mol. The minimum absolute atomic E-state index is 0.734. The molecule has 0 heterocycles. The number of benzene rings is 1. The molecule has 1 aromatic rings. The van der Waals surface area contributed by atoms with Crippen molar-refractivity contribution in [1.82, 2.24) is 5.32 Å². The van der Waals surface area contributed by atoms with Crippen molar-refractivity contribution in [2.24, 2.45) is 0 Å². The summed E-state index contributed by atoms with van der Waals surface area (Å²) in [7, 11) is 2.04. The first-order valence-electron chi connectivity index (χ1n) is 4.14. The highest BCUT2D eigenvalue weighted by Crippen LogP contribution is 2.39. The summed E-state index contributed by atoms with van der Waals surface area (Å²) in [5.74, 6) is 0.779. The molecule has 58 valence electrons. The Kier molecular flexibility index (Phi) is 1.66. The van der Waals surface area contributed by atoms with E-state index in [1.807, 2.05) is 7.05 Å². The summed E-state index contributed by atoms with van der Waals surface area (Å²) in [4.78, 5) is 0. The van der Waals surface area contributed by atoms with Crippen molar-refractivity contribution in [3.63, 3.8) is 0 Å². The van der Waals surface area contributed by atoms with E-state index in [2.05, 4.69) is 35.6 Å². The lowest BCUT2D eigenvalue weighted by Crippen LogP contribution is -2.09. The average molecular weight is 147 g/mol. The lowest BCUT2D eigenvalue weighted by atomic mass is 10.1. The molecular weight excluding hydrogens is 134 g/mol. The van der Waals surface area contributed by atoms with Crippen molar-refractivity contribution in [3.05, 3.63) is 35.9 Å². The van der Waals surface area contributed by atoms with Crippen LogP contribution in [0.3, 0.4) is 0 Å². The van der Waals surface area contributed by atoms with Crippen LogP contribution in [0.15, 0.2) is 30.3 Å². The normalized spacial score (nSPS) is 28.5. The largest absolute Gasteiger partial charge is 0.316 e. The Morgan fingerprint density at radius 2 is 2.00 bits per heavy atom. The highest BCUT2D eigenvalue weighted by molar-refractivity contribution is 5.27. The zero-order valence-electron chi connectivity index (χ0n) is 6.75. The summed E-state index contributed by atoms with van der Waals surface area (Å²) in [6.07, 6.45) is 1.31. The van der Waals surface area contributed by atoms with Gasteiger partial charge in [0.2, 0.25) is 0 Å². The van der Waals surface area contributed by atoms with Crippen molar-refractivity contribution in [3.8, 4) is 0 Å². The molecule has 1 aliphatic rings. The Morgan fingerprint density at radius 3 is 2.55 bits per heavy atom. The third-order valence-corrected chi connectivity index (χ3v) is 2.39. The highest BCUT2D eigenvalue weighted by Gasteiger charge is 2.36. The van der Waals surface area contributed by atoms with Crippen LogP contribution < -0.4 is 5.32 Å². The molecule has 0 bridgehead atoms. The number of hydrogen-bond acceptors (Lipinski definition) is 1. The SMILES string of the molecule is CN[C@@H]1CC1c1ccccc1. The van der Waals surface area contributed by atoms with Gasteiger partial charge in [0.25, 0.3) is 0 Å². The Morgan fingerprint density at radius 1 is 1.27 bits per heavy atom. The van der Waals surface area contributed by atoms with E-state index in [1.54, 1.807) is 0 Å². The lowest BCUT2D eigenvalue weighted by Gasteiger charge is -1.97. The van der Waals surface area contributed by atoms with Gasteiger partial charge < -0.3 is 5.32 Å². The maximum atomic E-state index is 3.29. The second-order valence-electron chi connectivity index (χ2n) is 3.15. The first-order valence-corrected chi connectivity index (χ1v) is 4.14. The number of nitrogens with one attached hydrogen (secondary N) is 1. The van der Waals surface area contributed by atoms with E-state index >= 15 is 0 Å². The molecule has 11 heavy (non-hydrogen) atoms. The minimum Gasteiger partial charge on any atom is -0.316 e. The zero-order valence-corrected chi connectivity index (χ0v) is 6.75. The van der Waals surface area contributed by atoms with Crippen LogP contribution in [-0.4, -0.2) is 13.1 Å². The molecular formula is C10H13N.